The lowest BCUT2D eigenvalue weighted by atomic mass is 9.78. The number of aromatic hydroxyl groups is 1. The van der Waals surface area contributed by atoms with Crippen LogP contribution in [0, 0.1) is 11.7 Å². The van der Waals surface area contributed by atoms with E-state index in [1.807, 2.05) is 30.3 Å². The number of anilines is 1. The monoisotopic (exact) mass is 449 g/mol. The van der Waals surface area contributed by atoms with E-state index in [0.29, 0.717) is 29.6 Å². The fourth-order valence-corrected chi connectivity index (χ4v) is 4.87. The average Bonchev–Trinajstić information content (AvgIpc) is 3.28. The summed E-state index contributed by atoms with van der Waals surface area (Å²) in [4.78, 5) is 15.0. The van der Waals surface area contributed by atoms with E-state index in [1.54, 1.807) is 29.2 Å². The van der Waals surface area contributed by atoms with Gasteiger partial charge in [-0.25, -0.2) is 4.39 Å². The van der Waals surface area contributed by atoms with Crippen molar-refractivity contribution in [2.45, 2.75) is 25.0 Å². The lowest BCUT2D eigenvalue weighted by Gasteiger charge is -2.47. The third-order valence-corrected chi connectivity index (χ3v) is 6.52. The molecule has 0 bridgehead atoms. The quantitative estimate of drug-likeness (QED) is 0.415. The van der Waals surface area contributed by atoms with Crippen molar-refractivity contribution in [1.82, 2.24) is 8.75 Å². The fourth-order valence-electron chi connectivity index (χ4n) is 4.33. The number of rotatable bonds is 6. The van der Waals surface area contributed by atoms with Crippen LogP contribution in [0.5, 0.6) is 5.75 Å². The Hall–Kier alpha value is -3.36. The number of carbonyl (C=O) groups is 1. The molecular weight excluding hydrogens is 429 g/mol. The van der Waals surface area contributed by atoms with Gasteiger partial charge < -0.3 is 15.1 Å². The summed E-state index contributed by atoms with van der Waals surface area (Å²) in [5.74, 6) is -0.588. The van der Waals surface area contributed by atoms with Crippen molar-refractivity contribution in [3.8, 4) is 5.75 Å². The molecule has 1 saturated heterocycles. The first-order valence-electron chi connectivity index (χ1n) is 10.3. The number of fused-ring (bicyclic) bond motifs is 1. The molecule has 2 heterocycles. The minimum atomic E-state index is -0.788. The molecule has 0 spiro atoms. The van der Waals surface area contributed by atoms with Crippen molar-refractivity contribution in [2.24, 2.45) is 5.92 Å². The minimum Gasteiger partial charge on any atom is -0.508 e. The van der Waals surface area contributed by atoms with E-state index >= 15 is 0 Å². The first kappa shape index (κ1) is 20.5. The second-order valence-electron chi connectivity index (χ2n) is 7.90. The molecule has 1 fully saturated rings. The number of β-lactam (4-membered cyclic amide) rings is 1. The van der Waals surface area contributed by atoms with Gasteiger partial charge in [-0.3, -0.25) is 4.79 Å². The van der Waals surface area contributed by atoms with E-state index in [1.165, 1.54) is 12.1 Å². The number of aliphatic hydroxyl groups is 1. The van der Waals surface area contributed by atoms with Gasteiger partial charge in [0.05, 0.1) is 35.5 Å². The highest BCUT2D eigenvalue weighted by molar-refractivity contribution is 7.00. The molecule has 8 heteroatoms. The lowest BCUT2D eigenvalue weighted by Crippen LogP contribution is -2.55. The van der Waals surface area contributed by atoms with Gasteiger partial charge in [0.1, 0.15) is 22.6 Å². The molecule has 3 atom stereocenters. The minimum absolute atomic E-state index is 0.0464. The Morgan fingerprint density at radius 2 is 1.78 bits per heavy atom. The maximum atomic E-state index is 13.3. The van der Waals surface area contributed by atoms with Crippen LogP contribution in [0.2, 0.25) is 0 Å². The normalized spacial score (nSPS) is 19.2. The maximum absolute atomic E-state index is 13.3. The molecular formula is C24H20FN3O3S. The van der Waals surface area contributed by atoms with Crippen molar-refractivity contribution >= 4 is 34.4 Å². The number of aromatic nitrogens is 2. The number of hydrogen-bond donors (Lipinski definition) is 2. The summed E-state index contributed by atoms with van der Waals surface area (Å²) in [7, 11) is 0. The van der Waals surface area contributed by atoms with Crippen molar-refractivity contribution < 1.29 is 19.4 Å². The zero-order chi connectivity index (χ0) is 22.2. The number of hydrogen-bond acceptors (Lipinski definition) is 6. The Labute approximate surface area is 187 Å². The molecule has 0 aliphatic carbocycles. The molecule has 5 rings (SSSR count). The third-order valence-electron chi connectivity index (χ3n) is 5.98. The van der Waals surface area contributed by atoms with Gasteiger partial charge in [0.25, 0.3) is 0 Å². The molecule has 0 radical (unpaired) electrons. The van der Waals surface area contributed by atoms with Gasteiger partial charge in [0.2, 0.25) is 5.91 Å². The summed E-state index contributed by atoms with van der Waals surface area (Å²) in [6.45, 7) is 0. The Morgan fingerprint density at radius 1 is 1.03 bits per heavy atom. The predicted molar refractivity (Wildman–Crippen MR) is 120 cm³/mol. The van der Waals surface area contributed by atoms with Crippen molar-refractivity contribution in [2.75, 3.05) is 4.90 Å². The molecule has 0 unspecified atom stereocenters. The van der Waals surface area contributed by atoms with Gasteiger partial charge in [0, 0.05) is 0 Å². The Bertz CT molecular complexity index is 1260. The van der Waals surface area contributed by atoms with Crippen LogP contribution in [0.3, 0.4) is 0 Å². The molecule has 0 saturated carbocycles. The van der Waals surface area contributed by atoms with Gasteiger partial charge in [0.15, 0.2) is 0 Å². The molecule has 2 N–H and O–H groups in total. The molecule has 1 aliphatic heterocycles. The molecule has 1 aliphatic rings. The van der Waals surface area contributed by atoms with Crippen molar-refractivity contribution in [3.63, 3.8) is 0 Å². The number of amides is 1. The van der Waals surface area contributed by atoms with E-state index < -0.39 is 6.10 Å². The van der Waals surface area contributed by atoms with E-state index in [2.05, 4.69) is 8.75 Å². The maximum Gasteiger partial charge on any atom is 0.233 e. The molecule has 162 valence electrons. The van der Waals surface area contributed by atoms with Gasteiger partial charge >= 0.3 is 0 Å². The largest absolute Gasteiger partial charge is 0.508 e. The first-order chi connectivity index (χ1) is 15.5. The summed E-state index contributed by atoms with van der Waals surface area (Å²) < 4.78 is 21.8. The number of carbonyl (C=O) groups excluding carboxylic acids is 1. The highest BCUT2D eigenvalue weighted by Gasteiger charge is 2.49. The van der Waals surface area contributed by atoms with E-state index in [0.717, 1.165) is 22.8 Å². The Balaban J connectivity index is 1.43. The van der Waals surface area contributed by atoms with E-state index in [-0.39, 0.29) is 29.4 Å². The number of nitrogens with zero attached hydrogens (tertiary/aromatic N) is 3. The zero-order valence-corrected chi connectivity index (χ0v) is 17.7. The molecule has 3 aromatic carbocycles. The second-order valence-corrected chi connectivity index (χ2v) is 8.43. The van der Waals surface area contributed by atoms with Crippen LogP contribution < -0.4 is 4.90 Å². The average molecular weight is 450 g/mol. The Morgan fingerprint density at radius 3 is 2.53 bits per heavy atom. The number of halogens is 1. The molecule has 1 amide bonds. The SMILES string of the molecule is O=C1[C@H](CC[C@H](O)c2ccc(F)cc2)[C@@H](c2ccc(O)cc2)N1c1cccc2nsnc12. The Kier molecular flexibility index (Phi) is 5.32. The van der Waals surface area contributed by atoms with Gasteiger partial charge in [-0.05, 0) is 60.4 Å². The third kappa shape index (κ3) is 3.61. The van der Waals surface area contributed by atoms with Crippen LogP contribution in [0.15, 0.2) is 66.7 Å². The zero-order valence-electron chi connectivity index (χ0n) is 16.9. The van der Waals surface area contributed by atoms with Crippen LogP contribution in [0.1, 0.15) is 36.1 Å². The van der Waals surface area contributed by atoms with E-state index in [4.69, 9.17) is 0 Å². The van der Waals surface area contributed by atoms with Crippen LogP contribution in [-0.4, -0.2) is 24.9 Å². The van der Waals surface area contributed by atoms with Crippen molar-refractivity contribution in [1.29, 1.82) is 0 Å². The topological polar surface area (TPSA) is 86.5 Å². The lowest BCUT2D eigenvalue weighted by molar-refractivity contribution is -0.131. The number of phenolic OH excluding ortho intramolecular Hbond substituents is 1. The van der Waals surface area contributed by atoms with Gasteiger partial charge in [-0.1, -0.05) is 30.3 Å². The van der Waals surface area contributed by atoms with Crippen LogP contribution >= 0.6 is 11.7 Å². The second kappa shape index (κ2) is 8.29. The number of benzene rings is 3. The van der Waals surface area contributed by atoms with Gasteiger partial charge in [-0.2, -0.15) is 8.75 Å². The van der Waals surface area contributed by atoms with Crippen molar-refractivity contribution in [3.05, 3.63) is 83.7 Å². The number of phenols is 1. The molecule has 4 aromatic rings. The smallest absolute Gasteiger partial charge is 0.233 e. The molecule has 1 aromatic heterocycles. The van der Waals surface area contributed by atoms with Crippen LogP contribution in [-0.2, 0) is 4.79 Å². The van der Waals surface area contributed by atoms with Crippen LogP contribution in [0.25, 0.3) is 11.0 Å². The number of aliphatic hydroxyl groups excluding tert-OH is 1. The highest BCUT2D eigenvalue weighted by Crippen LogP contribution is 2.48. The highest BCUT2D eigenvalue weighted by atomic mass is 32.1. The summed E-state index contributed by atoms with van der Waals surface area (Å²) in [6, 6.07) is 17.9. The summed E-state index contributed by atoms with van der Waals surface area (Å²) in [5, 5.41) is 20.3. The molecule has 32 heavy (non-hydrogen) atoms. The standard InChI is InChI=1S/C24H20FN3O3S/c25-16-8-4-14(5-9-16)21(30)13-12-18-23(15-6-10-17(29)11-7-15)28(24(18)31)20-3-1-2-19-22(20)27-32-26-19/h1-11,18,21,23,29-30H,12-13H2/t18-,21+,23-/m1/s1. The summed E-state index contributed by atoms with van der Waals surface area (Å²) >= 11 is 1.10. The predicted octanol–water partition coefficient (Wildman–Crippen LogP) is 4.75. The molecule has 6 nitrogen and oxygen atoms in total. The van der Waals surface area contributed by atoms with Crippen LogP contribution in [0.4, 0.5) is 10.1 Å². The fraction of sp³-hybridized carbons (Fsp3) is 0.208. The van der Waals surface area contributed by atoms with Gasteiger partial charge in [-0.15, -0.1) is 0 Å². The first-order valence-corrected chi connectivity index (χ1v) is 11.0. The van der Waals surface area contributed by atoms with E-state index in [9.17, 15) is 19.4 Å². The summed E-state index contributed by atoms with van der Waals surface area (Å²) in [5.41, 5.74) is 3.63. The summed E-state index contributed by atoms with van der Waals surface area (Å²) in [6.07, 6.45) is 0.0431.